The van der Waals surface area contributed by atoms with Crippen LogP contribution in [0.1, 0.15) is 46.5 Å². The molecule has 0 aromatic carbocycles. The number of hydrogen-bond donors (Lipinski definition) is 0. The van der Waals surface area contributed by atoms with Crippen molar-refractivity contribution in [1.29, 1.82) is 0 Å². The number of hydrogen-bond acceptors (Lipinski definition) is 4. The minimum atomic E-state index is -0.537. The Morgan fingerprint density at radius 2 is 1.58 bits per heavy atom. The second-order valence-corrected chi connectivity index (χ2v) is 6.50. The number of amides is 1. The molecule has 1 amide bonds. The van der Waals surface area contributed by atoms with Crippen molar-refractivity contribution in [3.63, 3.8) is 0 Å². The Hall–Kier alpha value is -0.810. The highest BCUT2D eigenvalue weighted by Gasteiger charge is 2.51. The molecule has 0 aliphatic carbocycles. The molecule has 2 rings (SSSR count). The maximum absolute atomic E-state index is 12.3. The van der Waals surface area contributed by atoms with Gasteiger partial charge >= 0.3 is 6.09 Å². The Morgan fingerprint density at radius 1 is 1.11 bits per heavy atom. The Balaban J connectivity index is 2.09. The van der Waals surface area contributed by atoms with Crippen molar-refractivity contribution in [3.8, 4) is 0 Å². The van der Waals surface area contributed by atoms with Gasteiger partial charge in [0.2, 0.25) is 0 Å². The van der Waals surface area contributed by atoms with E-state index >= 15 is 0 Å². The molecule has 0 saturated carbocycles. The number of carbonyl (C=O) groups excluding carboxylic acids is 1. The molecule has 0 aromatic rings. The fraction of sp³-hybridized carbons (Fsp3) is 0.929. The quantitative estimate of drug-likeness (QED) is 0.724. The summed E-state index contributed by atoms with van der Waals surface area (Å²) in [6.45, 7) is 5.68. The zero-order valence-electron chi connectivity index (χ0n) is 12.6. The van der Waals surface area contributed by atoms with Gasteiger partial charge in [-0.3, -0.25) is 0 Å². The number of carbonyl (C=O) groups is 1. The van der Waals surface area contributed by atoms with Crippen LogP contribution in [0, 0.1) is 0 Å². The monoisotopic (exact) mass is 271 g/mol. The summed E-state index contributed by atoms with van der Waals surface area (Å²) >= 11 is 0. The number of rotatable bonds is 2. The number of ether oxygens (including phenoxy) is 3. The first-order chi connectivity index (χ1) is 8.80. The van der Waals surface area contributed by atoms with Crippen molar-refractivity contribution in [2.24, 2.45) is 0 Å². The van der Waals surface area contributed by atoms with Crippen molar-refractivity contribution >= 4 is 6.09 Å². The minimum absolute atomic E-state index is 0.161. The molecule has 0 radical (unpaired) electrons. The molecule has 19 heavy (non-hydrogen) atoms. The summed E-state index contributed by atoms with van der Waals surface area (Å²) in [5.41, 5.74) is -0.451. The molecule has 2 heterocycles. The highest BCUT2D eigenvalue weighted by atomic mass is 16.7. The standard InChI is InChI=1S/C14H25NO4/c1-13(2,3)19-12(16)15-10-6-7-11(15)9-14(8-10,17-4)18-5/h10-11H,6-9H2,1-5H3. The summed E-state index contributed by atoms with van der Waals surface area (Å²) in [6.07, 6.45) is 3.23. The minimum Gasteiger partial charge on any atom is -0.444 e. The molecule has 2 atom stereocenters. The van der Waals surface area contributed by atoms with Gasteiger partial charge < -0.3 is 19.1 Å². The van der Waals surface area contributed by atoms with Crippen LogP contribution >= 0.6 is 0 Å². The molecule has 2 unspecified atom stereocenters. The van der Waals surface area contributed by atoms with Gasteiger partial charge in [0.15, 0.2) is 5.79 Å². The average Bonchev–Trinajstić information content (AvgIpc) is 2.59. The van der Waals surface area contributed by atoms with E-state index in [0.29, 0.717) is 0 Å². The van der Waals surface area contributed by atoms with Crippen LogP contribution in [-0.2, 0) is 14.2 Å². The fourth-order valence-electron chi connectivity index (χ4n) is 3.19. The molecule has 2 saturated heterocycles. The summed E-state index contributed by atoms with van der Waals surface area (Å²) in [5.74, 6) is -0.537. The first-order valence-corrected chi connectivity index (χ1v) is 6.92. The normalized spacial score (nSPS) is 29.4. The van der Waals surface area contributed by atoms with E-state index in [4.69, 9.17) is 14.2 Å². The molecule has 5 nitrogen and oxygen atoms in total. The Labute approximate surface area is 115 Å². The van der Waals surface area contributed by atoms with E-state index in [0.717, 1.165) is 25.7 Å². The van der Waals surface area contributed by atoms with Gasteiger partial charge in [-0.2, -0.15) is 0 Å². The van der Waals surface area contributed by atoms with Gasteiger partial charge in [0, 0.05) is 39.1 Å². The van der Waals surface area contributed by atoms with Gasteiger partial charge in [-0.15, -0.1) is 0 Å². The maximum atomic E-state index is 12.3. The first kappa shape index (κ1) is 14.6. The zero-order chi connectivity index (χ0) is 14.3. The summed E-state index contributed by atoms with van der Waals surface area (Å²) in [5, 5.41) is 0. The summed E-state index contributed by atoms with van der Waals surface area (Å²) in [4.78, 5) is 14.2. The van der Waals surface area contributed by atoms with Crippen LogP contribution in [0.4, 0.5) is 4.79 Å². The Kier molecular flexibility index (Phi) is 3.80. The van der Waals surface area contributed by atoms with Gasteiger partial charge in [0.25, 0.3) is 0 Å². The lowest BCUT2D eigenvalue weighted by molar-refractivity contribution is -0.238. The molecule has 2 fully saturated rings. The van der Waals surface area contributed by atoms with E-state index in [-0.39, 0.29) is 18.2 Å². The van der Waals surface area contributed by atoms with Crippen LogP contribution in [0.3, 0.4) is 0 Å². The van der Waals surface area contributed by atoms with Gasteiger partial charge in [-0.05, 0) is 33.6 Å². The molecule has 110 valence electrons. The van der Waals surface area contributed by atoms with Crippen LogP contribution in [0.2, 0.25) is 0 Å². The van der Waals surface area contributed by atoms with Crippen molar-refractivity contribution in [2.45, 2.75) is 69.9 Å². The largest absolute Gasteiger partial charge is 0.444 e. The highest BCUT2D eigenvalue weighted by Crippen LogP contribution is 2.43. The topological polar surface area (TPSA) is 48.0 Å². The summed E-state index contributed by atoms with van der Waals surface area (Å²) in [7, 11) is 3.35. The highest BCUT2D eigenvalue weighted by molar-refractivity contribution is 5.69. The Morgan fingerprint density at radius 3 is 1.95 bits per heavy atom. The molecule has 2 bridgehead atoms. The molecule has 2 aliphatic heterocycles. The fourth-order valence-corrected chi connectivity index (χ4v) is 3.19. The SMILES string of the molecule is COC1(OC)CC2CCC(C1)N2C(=O)OC(C)(C)C. The van der Waals surface area contributed by atoms with E-state index in [2.05, 4.69) is 0 Å². The van der Waals surface area contributed by atoms with Gasteiger partial charge in [0.05, 0.1) is 0 Å². The van der Waals surface area contributed by atoms with Gasteiger partial charge in [-0.1, -0.05) is 0 Å². The second-order valence-electron chi connectivity index (χ2n) is 6.50. The molecule has 0 N–H and O–H groups in total. The second kappa shape index (κ2) is 4.94. The Bertz CT molecular complexity index is 330. The van der Waals surface area contributed by atoms with Crippen LogP contribution in [0.25, 0.3) is 0 Å². The van der Waals surface area contributed by atoms with E-state index in [9.17, 15) is 4.79 Å². The van der Waals surface area contributed by atoms with E-state index in [1.54, 1.807) is 14.2 Å². The molecule has 0 spiro atoms. The lowest BCUT2D eigenvalue weighted by Gasteiger charge is -2.44. The van der Waals surface area contributed by atoms with Crippen molar-refractivity contribution < 1.29 is 19.0 Å². The molecular formula is C14H25NO4. The van der Waals surface area contributed by atoms with Crippen LogP contribution in [0.5, 0.6) is 0 Å². The van der Waals surface area contributed by atoms with E-state index in [1.807, 2.05) is 25.7 Å². The summed E-state index contributed by atoms with van der Waals surface area (Å²) in [6, 6.07) is 0.321. The third-order valence-corrected chi connectivity index (χ3v) is 4.06. The molecule has 2 aliphatic rings. The predicted molar refractivity (Wildman–Crippen MR) is 70.9 cm³/mol. The number of piperidine rings is 1. The van der Waals surface area contributed by atoms with Crippen LogP contribution < -0.4 is 0 Å². The van der Waals surface area contributed by atoms with Crippen LogP contribution in [-0.4, -0.2) is 48.7 Å². The maximum Gasteiger partial charge on any atom is 0.410 e. The smallest absolute Gasteiger partial charge is 0.410 e. The van der Waals surface area contributed by atoms with E-state index < -0.39 is 11.4 Å². The number of nitrogens with zero attached hydrogens (tertiary/aromatic N) is 1. The lowest BCUT2D eigenvalue weighted by Crippen LogP contribution is -2.55. The predicted octanol–water partition coefficient (Wildman–Crippen LogP) is 2.54. The first-order valence-electron chi connectivity index (χ1n) is 6.92. The molecular weight excluding hydrogens is 246 g/mol. The molecule has 5 heteroatoms. The third-order valence-electron chi connectivity index (χ3n) is 4.06. The third kappa shape index (κ3) is 2.87. The van der Waals surface area contributed by atoms with Crippen molar-refractivity contribution in [2.75, 3.05) is 14.2 Å². The van der Waals surface area contributed by atoms with Crippen LogP contribution in [0.15, 0.2) is 0 Å². The van der Waals surface area contributed by atoms with Crippen molar-refractivity contribution in [1.82, 2.24) is 4.90 Å². The zero-order valence-corrected chi connectivity index (χ0v) is 12.6. The van der Waals surface area contributed by atoms with Gasteiger partial charge in [0.1, 0.15) is 5.60 Å². The number of methoxy groups -OCH3 is 2. The lowest BCUT2D eigenvalue weighted by atomic mass is 9.96. The molecule has 0 aromatic heterocycles. The van der Waals surface area contributed by atoms with Gasteiger partial charge in [-0.25, -0.2) is 4.79 Å². The van der Waals surface area contributed by atoms with E-state index in [1.165, 1.54) is 0 Å². The number of fused-ring (bicyclic) bond motifs is 2. The average molecular weight is 271 g/mol. The van der Waals surface area contributed by atoms with Crippen molar-refractivity contribution in [3.05, 3.63) is 0 Å². The summed E-state index contributed by atoms with van der Waals surface area (Å²) < 4.78 is 16.6.